The molecular weight excluding hydrogens is 332 g/mol. The Labute approximate surface area is 154 Å². The van der Waals surface area contributed by atoms with Gasteiger partial charge in [-0.1, -0.05) is 12.1 Å². The Morgan fingerprint density at radius 1 is 1.12 bits per heavy atom. The lowest BCUT2D eigenvalue weighted by molar-refractivity contribution is -0.132. The highest BCUT2D eigenvalue weighted by molar-refractivity contribution is 5.98. The predicted octanol–water partition coefficient (Wildman–Crippen LogP) is 0.450. The number of nitrogens with zero attached hydrogens (tertiary/aromatic N) is 2. The van der Waals surface area contributed by atoms with Crippen molar-refractivity contribution in [3.8, 4) is 0 Å². The molecule has 2 saturated heterocycles. The van der Waals surface area contributed by atoms with Gasteiger partial charge in [0.05, 0.1) is 6.42 Å². The van der Waals surface area contributed by atoms with Gasteiger partial charge in [-0.3, -0.25) is 9.59 Å². The van der Waals surface area contributed by atoms with Crippen molar-refractivity contribution in [1.82, 2.24) is 9.80 Å². The van der Waals surface area contributed by atoms with Gasteiger partial charge in [0.15, 0.2) is 0 Å². The molecule has 0 saturated carbocycles. The van der Waals surface area contributed by atoms with Gasteiger partial charge in [-0.15, -0.1) is 0 Å². The highest BCUT2D eigenvalue weighted by Crippen LogP contribution is 2.20. The fraction of sp³-hybridized carbons (Fsp3) is 0.579. The van der Waals surface area contributed by atoms with Gasteiger partial charge < -0.3 is 25.6 Å². The zero-order valence-electron chi connectivity index (χ0n) is 15.4. The molecule has 2 aliphatic heterocycles. The van der Waals surface area contributed by atoms with Crippen LogP contribution in [0.5, 0.6) is 0 Å². The molecule has 7 heteroatoms. The molecule has 0 aromatic heterocycles. The highest BCUT2D eigenvalue weighted by Gasteiger charge is 2.35. The zero-order valence-corrected chi connectivity index (χ0v) is 15.4. The van der Waals surface area contributed by atoms with Gasteiger partial charge in [-0.2, -0.15) is 0 Å². The van der Waals surface area contributed by atoms with Crippen LogP contribution in [0.25, 0.3) is 0 Å². The average molecular weight is 360 g/mol. The highest BCUT2D eigenvalue weighted by atomic mass is 16.5. The number of likely N-dealkylation sites (N-methyl/N-ethyl adjacent to an activating group) is 1. The molecule has 2 fully saturated rings. The number of carbonyl (C=O) groups is 2. The summed E-state index contributed by atoms with van der Waals surface area (Å²) in [6.45, 7) is 4.43. The molecule has 0 bridgehead atoms. The lowest BCUT2D eigenvalue weighted by atomic mass is 9.90. The van der Waals surface area contributed by atoms with Crippen molar-refractivity contribution in [2.75, 3.05) is 51.8 Å². The van der Waals surface area contributed by atoms with E-state index in [0.717, 1.165) is 31.7 Å². The first kappa shape index (κ1) is 18.8. The molecule has 0 atom stereocenters. The summed E-state index contributed by atoms with van der Waals surface area (Å²) >= 11 is 0. The lowest BCUT2D eigenvalue weighted by Crippen LogP contribution is -2.54. The molecule has 2 aliphatic rings. The number of piperazine rings is 1. The van der Waals surface area contributed by atoms with Crippen LogP contribution >= 0.6 is 0 Å². The number of ether oxygens (including phenoxy) is 1. The van der Waals surface area contributed by atoms with Crippen LogP contribution in [-0.2, 0) is 20.7 Å². The maximum absolute atomic E-state index is 12.4. The molecule has 0 spiro atoms. The molecule has 2 amide bonds. The van der Waals surface area contributed by atoms with Crippen molar-refractivity contribution in [2.24, 2.45) is 5.73 Å². The number of hydrogen-bond donors (Lipinski definition) is 2. The van der Waals surface area contributed by atoms with Crippen LogP contribution in [-0.4, -0.2) is 73.6 Å². The Bertz CT molecular complexity index is 633. The summed E-state index contributed by atoms with van der Waals surface area (Å²) < 4.78 is 5.28. The molecule has 1 aromatic carbocycles. The number of carbonyl (C=O) groups excluding carboxylic acids is 2. The van der Waals surface area contributed by atoms with Crippen LogP contribution in [0.15, 0.2) is 24.3 Å². The van der Waals surface area contributed by atoms with E-state index in [-0.39, 0.29) is 11.8 Å². The number of hydrogen-bond acceptors (Lipinski definition) is 5. The first-order chi connectivity index (χ1) is 12.5. The second-order valence-corrected chi connectivity index (χ2v) is 7.28. The number of nitrogens with one attached hydrogen (secondary N) is 1. The Morgan fingerprint density at radius 2 is 1.73 bits per heavy atom. The summed E-state index contributed by atoms with van der Waals surface area (Å²) in [6.07, 6.45) is 1.43. The van der Waals surface area contributed by atoms with E-state index in [1.54, 1.807) is 0 Å². The molecule has 3 rings (SSSR count). The fourth-order valence-corrected chi connectivity index (χ4v) is 3.27. The quantitative estimate of drug-likeness (QED) is 0.814. The summed E-state index contributed by atoms with van der Waals surface area (Å²) in [5.74, 6) is -0.0277. The van der Waals surface area contributed by atoms with E-state index in [4.69, 9.17) is 10.5 Å². The van der Waals surface area contributed by atoms with Crippen LogP contribution in [0.2, 0.25) is 0 Å². The number of nitrogens with two attached hydrogens (primary N) is 1. The maximum atomic E-state index is 12.4. The van der Waals surface area contributed by atoms with Crippen LogP contribution in [0.1, 0.15) is 18.4 Å². The number of rotatable bonds is 4. The summed E-state index contributed by atoms with van der Waals surface area (Å²) in [7, 11) is 2.07. The van der Waals surface area contributed by atoms with E-state index < -0.39 is 5.54 Å². The minimum atomic E-state index is -0.867. The van der Waals surface area contributed by atoms with E-state index in [2.05, 4.69) is 17.3 Å². The van der Waals surface area contributed by atoms with Crippen molar-refractivity contribution in [2.45, 2.75) is 24.8 Å². The summed E-state index contributed by atoms with van der Waals surface area (Å²) in [5.41, 5.74) is 6.97. The average Bonchev–Trinajstić information content (AvgIpc) is 2.64. The first-order valence-corrected chi connectivity index (χ1v) is 9.20. The van der Waals surface area contributed by atoms with Crippen molar-refractivity contribution in [3.05, 3.63) is 29.8 Å². The third kappa shape index (κ3) is 4.60. The van der Waals surface area contributed by atoms with Crippen molar-refractivity contribution in [1.29, 1.82) is 0 Å². The second kappa shape index (κ2) is 8.16. The van der Waals surface area contributed by atoms with Crippen LogP contribution < -0.4 is 11.1 Å². The van der Waals surface area contributed by atoms with Crippen molar-refractivity contribution >= 4 is 17.5 Å². The Hall–Kier alpha value is -1.96. The summed E-state index contributed by atoms with van der Waals surface area (Å²) in [6, 6.07) is 7.42. The fourth-order valence-electron chi connectivity index (χ4n) is 3.27. The molecule has 3 N–H and O–H groups in total. The number of amides is 2. The summed E-state index contributed by atoms with van der Waals surface area (Å²) in [5, 5.41) is 2.88. The van der Waals surface area contributed by atoms with E-state index in [1.165, 1.54) is 0 Å². The number of anilines is 1. The molecule has 26 heavy (non-hydrogen) atoms. The Kier molecular flexibility index (Phi) is 5.90. The molecule has 1 aromatic rings. The Balaban J connectivity index is 1.53. The molecule has 7 nitrogen and oxygen atoms in total. The van der Waals surface area contributed by atoms with Gasteiger partial charge >= 0.3 is 0 Å². The minimum Gasteiger partial charge on any atom is -0.381 e. The van der Waals surface area contributed by atoms with E-state index in [1.807, 2.05) is 29.2 Å². The minimum absolute atomic E-state index is 0.151. The van der Waals surface area contributed by atoms with Gasteiger partial charge in [0.2, 0.25) is 11.8 Å². The first-order valence-electron chi connectivity index (χ1n) is 9.20. The van der Waals surface area contributed by atoms with Crippen LogP contribution in [0.4, 0.5) is 5.69 Å². The maximum Gasteiger partial charge on any atom is 0.244 e. The molecule has 0 aliphatic carbocycles. The van der Waals surface area contributed by atoms with Gasteiger partial charge in [0.1, 0.15) is 5.54 Å². The van der Waals surface area contributed by atoms with Crippen LogP contribution in [0.3, 0.4) is 0 Å². The van der Waals surface area contributed by atoms with Gasteiger partial charge in [0, 0.05) is 45.1 Å². The van der Waals surface area contributed by atoms with E-state index in [9.17, 15) is 9.59 Å². The normalized spacial score (nSPS) is 20.6. The Morgan fingerprint density at radius 3 is 2.35 bits per heavy atom. The van der Waals surface area contributed by atoms with E-state index in [0.29, 0.717) is 38.2 Å². The van der Waals surface area contributed by atoms with Crippen molar-refractivity contribution in [3.63, 3.8) is 0 Å². The standard InChI is InChI=1S/C19H28N4O3/c1-22-8-10-23(11-9-22)17(24)14-15-2-4-16(5-3-15)21-18(25)19(20)6-12-26-13-7-19/h2-5H,6-14,20H2,1H3,(H,21,25). The second-order valence-electron chi connectivity index (χ2n) is 7.28. The van der Waals surface area contributed by atoms with Gasteiger partial charge in [-0.25, -0.2) is 0 Å². The monoisotopic (exact) mass is 360 g/mol. The number of benzene rings is 1. The zero-order chi connectivity index (χ0) is 18.6. The van der Waals surface area contributed by atoms with Gasteiger partial charge in [-0.05, 0) is 37.6 Å². The predicted molar refractivity (Wildman–Crippen MR) is 99.8 cm³/mol. The SMILES string of the molecule is CN1CCN(C(=O)Cc2ccc(NC(=O)C3(N)CCOCC3)cc2)CC1. The molecule has 2 heterocycles. The van der Waals surface area contributed by atoms with Crippen LogP contribution in [0, 0.1) is 0 Å². The van der Waals surface area contributed by atoms with Gasteiger partial charge in [0.25, 0.3) is 0 Å². The molecular formula is C19H28N4O3. The third-order valence-electron chi connectivity index (χ3n) is 5.26. The topological polar surface area (TPSA) is 87.9 Å². The molecule has 0 radical (unpaired) electrons. The largest absolute Gasteiger partial charge is 0.381 e. The smallest absolute Gasteiger partial charge is 0.244 e. The third-order valence-corrected chi connectivity index (χ3v) is 5.26. The summed E-state index contributed by atoms with van der Waals surface area (Å²) in [4.78, 5) is 29.0. The molecule has 142 valence electrons. The molecule has 0 unspecified atom stereocenters. The lowest BCUT2D eigenvalue weighted by Gasteiger charge is -2.32. The van der Waals surface area contributed by atoms with E-state index >= 15 is 0 Å². The van der Waals surface area contributed by atoms with Crippen molar-refractivity contribution < 1.29 is 14.3 Å².